The van der Waals surface area contributed by atoms with Gasteiger partial charge in [0.25, 0.3) is 0 Å². The lowest BCUT2D eigenvalue weighted by molar-refractivity contribution is 0.410. The van der Waals surface area contributed by atoms with E-state index in [-0.39, 0.29) is 10.0 Å². The molecular formula is C15H14Cl2FNO. The van der Waals surface area contributed by atoms with Gasteiger partial charge in [0.05, 0.1) is 22.8 Å². The van der Waals surface area contributed by atoms with Crippen molar-refractivity contribution in [2.75, 3.05) is 12.4 Å². The first-order valence-corrected chi connectivity index (χ1v) is 6.79. The average molecular weight is 314 g/mol. The summed E-state index contributed by atoms with van der Waals surface area (Å²) >= 11 is 12.0. The Hall–Kier alpha value is -1.45. The number of halogens is 3. The topological polar surface area (TPSA) is 21.3 Å². The molecule has 0 aliphatic rings. The fourth-order valence-corrected chi connectivity index (χ4v) is 2.53. The second-order valence-corrected chi connectivity index (χ2v) is 5.23. The lowest BCUT2D eigenvalue weighted by Crippen LogP contribution is -2.03. The largest absolute Gasteiger partial charge is 0.496 e. The number of ether oxygens (including phenoxy) is 1. The van der Waals surface area contributed by atoms with Gasteiger partial charge in [0.2, 0.25) is 0 Å². The van der Waals surface area contributed by atoms with E-state index >= 15 is 0 Å². The van der Waals surface area contributed by atoms with Crippen LogP contribution in [0.2, 0.25) is 10.0 Å². The molecule has 2 rings (SSSR count). The van der Waals surface area contributed by atoms with E-state index in [1.165, 1.54) is 12.1 Å². The van der Waals surface area contributed by atoms with Crippen LogP contribution in [-0.4, -0.2) is 7.11 Å². The van der Waals surface area contributed by atoms with Crippen LogP contribution < -0.4 is 10.1 Å². The first-order chi connectivity index (χ1) is 9.51. The molecule has 0 atom stereocenters. The summed E-state index contributed by atoms with van der Waals surface area (Å²) in [7, 11) is 1.62. The highest BCUT2D eigenvalue weighted by Gasteiger charge is 2.10. The van der Waals surface area contributed by atoms with Crippen LogP contribution in [0, 0.1) is 12.7 Å². The number of anilines is 1. The number of hydrogen-bond donors (Lipinski definition) is 1. The van der Waals surface area contributed by atoms with E-state index in [1.54, 1.807) is 7.11 Å². The van der Waals surface area contributed by atoms with Crippen LogP contribution in [0.15, 0.2) is 30.3 Å². The molecule has 0 amide bonds. The van der Waals surface area contributed by atoms with E-state index in [9.17, 15) is 4.39 Å². The second kappa shape index (κ2) is 6.33. The minimum absolute atomic E-state index is 0.251. The van der Waals surface area contributed by atoms with Crippen LogP contribution in [0.25, 0.3) is 0 Å². The van der Waals surface area contributed by atoms with Crippen LogP contribution in [0.4, 0.5) is 10.1 Å². The smallest absolute Gasteiger partial charge is 0.126 e. The van der Waals surface area contributed by atoms with Crippen molar-refractivity contribution in [1.82, 2.24) is 0 Å². The Morgan fingerprint density at radius 3 is 2.40 bits per heavy atom. The molecule has 2 aromatic carbocycles. The van der Waals surface area contributed by atoms with E-state index < -0.39 is 5.82 Å². The van der Waals surface area contributed by atoms with Crippen LogP contribution in [-0.2, 0) is 6.54 Å². The zero-order valence-electron chi connectivity index (χ0n) is 11.1. The normalized spacial score (nSPS) is 10.4. The standard InChI is InChI=1S/C15H14Cl2FNO/c1-9-3-4-14(20-2)10(5-9)8-19-15-12(16)6-11(18)7-13(15)17/h3-7,19H,8H2,1-2H3. The molecule has 0 fully saturated rings. The molecule has 0 aliphatic carbocycles. The maximum atomic E-state index is 13.1. The van der Waals surface area contributed by atoms with Gasteiger partial charge in [-0.3, -0.25) is 0 Å². The van der Waals surface area contributed by atoms with Crippen molar-refractivity contribution in [3.8, 4) is 5.75 Å². The van der Waals surface area contributed by atoms with Crippen molar-refractivity contribution >= 4 is 28.9 Å². The highest BCUT2D eigenvalue weighted by Crippen LogP contribution is 2.32. The molecule has 2 aromatic rings. The molecule has 106 valence electrons. The lowest BCUT2D eigenvalue weighted by atomic mass is 10.1. The predicted molar refractivity (Wildman–Crippen MR) is 81.5 cm³/mol. The third-order valence-corrected chi connectivity index (χ3v) is 3.49. The van der Waals surface area contributed by atoms with Crippen LogP contribution in [0.3, 0.4) is 0 Å². The third-order valence-electron chi connectivity index (χ3n) is 2.90. The fourth-order valence-electron chi connectivity index (χ4n) is 1.94. The lowest BCUT2D eigenvalue weighted by Gasteiger charge is -2.13. The van der Waals surface area contributed by atoms with E-state index in [1.807, 2.05) is 25.1 Å². The summed E-state index contributed by atoms with van der Waals surface area (Å²) in [5.74, 6) is 0.316. The number of rotatable bonds is 4. The van der Waals surface area contributed by atoms with Crippen LogP contribution >= 0.6 is 23.2 Å². The van der Waals surface area contributed by atoms with E-state index in [4.69, 9.17) is 27.9 Å². The summed E-state index contributed by atoms with van der Waals surface area (Å²) in [6, 6.07) is 8.34. The van der Waals surface area contributed by atoms with Gasteiger partial charge in [-0.05, 0) is 25.1 Å². The summed E-state index contributed by atoms with van der Waals surface area (Å²) in [4.78, 5) is 0. The molecule has 0 heterocycles. The summed E-state index contributed by atoms with van der Waals surface area (Å²) < 4.78 is 18.4. The highest BCUT2D eigenvalue weighted by atomic mass is 35.5. The Kier molecular flexibility index (Phi) is 4.73. The van der Waals surface area contributed by atoms with Crippen molar-refractivity contribution in [1.29, 1.82) is 0 Å². The zero-order valence-corrected chi connectivity index (χ0v) is 12.6. The molecule has 0 saturated heterocycles. The molecule has 2 nitrogen and oxygen atoms in total. The number of aryl methyl sites for hydroxylation is 1. The van der Waals surface area contributed by atoms with Crippen molar-refractivity contribution in [3.05, 3.63) is 57.3 Å². The quantitative estimate of drug-likeness (QED) is 0.851. The highest BCUT2D eigenvalue weighted by molar-refractivity contribution is 6.39. The number of nitrogens with one attached hydrogen (secondary N) is 1. The molecule has 0 saturated carbocycles. The summed E-state index contributed by atoms with van der Waals surface area (Å²) in [5, 5.41) is 3.62. The van der Waals surface area contributed by atoms with Gasteiger partial charge < -0.3 is 10.1 Å². The Labute approximate surface area is 127 Å². The van der Waals surface area contributed by atoms with Gasteiger partial charge in [-0.15, -0.1) is 0 Å². The first-order valence-electron chi connectivity index (χ1n) is 6.03. The molecule has 0 aromatic heterocycles. The monoisotopic (exact) mass is 313 g/mol. The van der Waals surface area contributed by atoms with Gasteiger partial charge in [-0.25, -0.2) is 4.39 Å². The summed E-state index contributed by atoms with van der Waals surface area (Å²) in [6.07, 6.45) is 0. The molecule has 0 spiro atoms. The van der Waals surface area contributed by atoms with Crippen LogP contribution in [0.1, 0.15) is 11.1 Å². The third kappa shape index (κ3) is 3.35. The summed E-state index contributed by atoms with van der Waals surface area (Å²) in [6.45, 7) is 2.48. The van der Waals surface area contributed by atoms with Gasteiger partial charge in [0.15, 0.2) is 0 Å². The molecule has 1 N–H and O–H groups in total. The minimum Gasteiger partial charge on any atom is -0.496 e. The first kappa shape index (κ1) is 14.9. The maximum Gasteiger partial charge on any atom is 0.126 e. The number of benzene rings is 2. The number of methoxy groups -OCH3 is 1. The van der Waals surface area contributed by atoms with Crippen LogP contribution in [0.5, 0.6) is 5.75 Å². The van der Waals surface area contributed by atoms with Gasteiger partial charge >= 0.3 is 0 Å². The second-order valence-electron chi connectivity index (χ2n) is 4.41. The number of hydrogen-bond acceptors (Lipinski definition) is 2. The molecule has 20 heavy (non-hydrogen) atoms. The van der Waals surface area contributed by atoms with Crippen molar-refractivity contribution in [2.24, 2.45) is 0 Å². The summed E-state index contributed by atoms with van der Waals surface area (Å²) in [5.41, 5.74) is 2.61. The zero-order chi connectivity index (χ0) is 14.7. The molecule has 0 radical (unpaired) electrons. The molecule has 0 unspecified atom stereocenters. The SMILES string of the molecule is COc1ccc(C)cc1CNc1c(Cl)cc(F)cc1Cl. The molecule has 0 aliphatic heterocycles. The van der Waals surface area contributed by atoms with Gasteiger partial charge in [0, 0.05) is 12.1 Å². The van der Waals surface area contributed by atoms with Gasteiger partial charge in [0.1, 0.15) is 11.6 Å². The predicted octanol–water partition coefficient (Wildman–Crippen LogP) is 5.06. The average Bonchev–Trinajstić information content (AvgIpc) is 2.37. The van der Waals surface area contributed by atoms with Gasteiger partial charge in [-0.1, -0.05) is 40.9 Å². The van der Waals surface area contributed by atoms with E-state index in [0.29, 0.717) is 12.2 Å². The molecule has 0 bridgehead atoms. The van der Waals surface area contributed by atoms with Crippen molar-refractivity contribution < 1.29 is 9.13 Å². The van der Waals surface area contributed by atoms with E-state index in [0.717, 1.165) is 16.9 Å². The Morgan fingerprint density at radius 1 is 1.15 bits per heavy atom. The molecule has 5 heteroatoms. The molecular weight excluding hydrogens is 300 g/mol. The Balaban J connectivity index is 2.23. The van der Waals surface area contributed by atoms with Gasteiger partial charge in [-0.2, -0.15) is 0 Å². The van der Waals surface area contributed by atoms with Crippen molar-refractivity contribution in [2.45, 2.75) is 13.5 Å². The van der Waals surface area contributed by atoms with E-state index in [2.05, 4.69) is 5.32 Å². The Morgan fingerprint density at radius 2 is 1.80 bits per heavy atom. The van der Waals surface area contributed by atoms with Crippen molar-refractivity contribution in [3.63, 3.8) is 0 Å². The maximum absolute atomic E-state index is 13.1. The Bertz CT molecular complexity index is 608. The minimum atomic E-state index is -0.460. The fraction of sp³-hybridized carbons (Fsp3) is 0.200.